The molecule has 118 valence electrons. The molecular formula is C14H18N4O3S. The fraction of sp³-hybridized carbons (Fsp3) is 0.429. The molecule has 3 rings (SSSR count). The Labute approximate surface area is 129 Å². The molecule has 1 saturated heterocycles. The quantitative estimate of drug-likeness (QED) is 0.881. The standard InChI is InChI=1S/C14H18N4O3S/c1-12-4-2-3-5-13(12)22(20,21)18-8-6-14(19,11-18)10-17-9-7-15-16-17/h2-5,7,9,19H,6,8,10-11H2,1H3. The minimum Gasteiger partial charge on any atom is -0.387 e. The summed E-state index contributed by atoms with van der Waals surface area (Å²) in [6, 6.07) is 6.88. The van der Waals surface area contributed by atoms with Crippen LogP contribution >= 0.6 is 0 Å². The number of sulfonamides is 1. The van der Waals surface area contributed by atoms with E-state index in [0.717, 1.165) is 0 Å². The Balaban J connectivity index is 1.81. The van der Waals surface area contributed by atoms with Crippen molar-refractivity contribution in [1.82, 2.24) is 19.3 Å². The molecule has 1 atom stereocenters. The third-order valence-corrected chi connectivity index (χ3v) is 5.94. The van der Waals surface area contributed by atoms with Crippen LogP contribution in [0.1, 0.15) is 12.0 Å². The first-order valence-corrected chi connectivity index (χ1v) is 8.47. The van der Waals surface area contributed by atoms with Crippen LogP contribution in [0.2, 0.25) is 0 Å². The van der Waals surface area contributed by atoms with Gasteiger partial charge in [-0.15, -0.1) is 5.10 Å². The van der Waals surface area contributed by atoms with Crippen LogP contribution in [0.4, 0.5) is 0 Å². The van der Waals surface area contributed by atoms with Crippen molar-refractivity contribution in [3.63, 3.8) is 0 Å². The summed E-state index contributed by atoms with van der Waals surface area (Å²) in [6.07, 6.45) is 3.55. The molecule has 0 amide bonds. The predicted molar refractivity (Wildman–Crippen MR) is 79.5 cm³/mol. The highest BCUT2D eigenvalue weighted by Gasteiger charge is 2.42. The number of aromatic nitrogens is 3. The minimum absolute atomic E-state index is 0.0591. The van der Waals surface area contributed by atoms with Crippen LogP contribution in [0.15, 0.2) is 41.6 Å². The summed E-state index contributed by atoms with van der Waals surface area (Å²) in [4.78, 5) is 0.292. The first kappa shape index (κ1) is 15.1. The second-order valence-electron chi connectivity index (χ2n) is 5.68. The molecule has 22 heavy (non-hydrogen) atoms. The van der Waals surface area contributed by atoms with E-state index in [9.17, 15) is 13.5 Å². The van der Waals surface area contributed by atoms with Crippen molar-refractivity contribution in [2.24, 2.45) is 0 Å². The number of hydrogen-bond donors (Lipinski definition) is 1. The molecule has 0 bridgehead atoms. The maximum atomic E-state index is 12.7. The van der Waals surface area contributed by atoms with Crippen LogP contribution in [0.5, 0.6) is 0 Å². The van der Waals surface area contributed by atoms with E-state index in [1.54, 1.807) is 37.4 Å². The molecule has 0 radical (unpaired) electrons. The Kier molecular flexibility index (Phi) is 3.75. The zero-order valence-corrected chi connectivity index (χ0v) is 13.1. The lowest BCUT2D eigenvalue weighted by Gasteiger charge is -2.23. The number of aryl methyl sites for hydroxylation is 1. The Hall–Kier alpha value is -1.77. The second-order valence-corrected chi connectivity index (χ2v) is 7.59. The number of β-amino-alcohol motifs (C(OH)–C–C–N with tert-alkyl or cyclic N) is 1. The Bertz CT molecular complexity index is 760. The van der Waals surface area contributed by atoms with Gasteiger partial charge in [0.25, 0.3) is 0 Å². The van der Waals surface area contributed by atoms with E-state index < -0.39 is 15.6 Å². The molecule has 2 heterocycles. The molecule has 1 fully saturated rings. The van der Waals surface area contributed by atoms with E-state index in [4.69, 9.17) is 0 Å². The summed E-state index contributed by atoms with van der Waals surface area (Å²) in [7, 11) is -3.59. The summed E-state index contributed by atoms with van der Waals surface area (Å²) in [5.74, 6) is 0. The number of aliphatic hydroxyl groups is 1. The van der Waals surface area contributed by atoms with Gasteiger partial charge in [-0.25, -0.2) is 13.1 Å². The lowest BCUT2D eigenvalue weighted by Crippen LogP contribution is -2.39. The SMILES string of the molecule is Cc1ccccc1S(=O)(=O)N1CCC(O)(Cn2ccnn2)C1. The van der Waals surface area contributed by atoms with Gasteiger partial charge in [0.1, 0.15) is 0 Å². The van der Waals surface area contributed by atoms with Crippen molar-refractivity contribution in [2.45, 2.75) is 30.4 Å². The van der Waals surface area contributed by atoms with Gasteiger partial charge in [0.2, 0.25) is 10.0 Å². The van der Waals surface area contributed by atoms with Gasteiger partial charge >= 0.3 is 0 Å². The van der Waals surface area contributed by atoms with E-state index in [1.807, 2.05) is 0 Å². The third kappa shape index (κ3) is 2.77. The molecule has 0 saturated carbocycles. The topological polar surface area (TPSA) is 88.3 Å². The van der Waals surface area contributed by atoms with Crippen molar-refractivity contribution < 1.29 is 13.5 Å². The van der Waals surface area contributed by atoms with E-state index >= 15 is 0 Å². The van der Waals surface area contributed by atoms with Crippen molar-refractivity contribution in [2.75, 3.05) is 13.1 Å². The van der Waals surface area contributed by atoms with Crippen molar-refractivity contribution in [1.29, 1.82) is 0 Å². The minimum atomic E-state index is -3.59. The van der Waals surface area contributed by atoms with Gasteiger partial charge in [-0.3, -0.25) is 0 Å². The van der Waals surface area contributed by atoms with Crippen LogP contribution in [0.25, 0.3) is 0 Å². The zero-order valence-electron chi connectivity index (χ0n) is 12.3. The molecule has 1 unspecified atom stereocenters. The number of hydrogen-bond acceptors (Lipinski definition) is 5. The van der Waals surface area contributed by atoms with Gasteiger partial charge in [0.15, 0.2) is 0 Å². The average Bonchev–Trinajstić information content (AvgIpc) is 3.09. The van der Waals surface area contributed by atoms with Crippen LogP contribution < -0.4 is 0 Å². The van der Waals surface area contributed by atoms with Gasteiger partial charge in [0, 0.05) is 19.3 Å². The maximum Gasteiger partial charge on any atom is 0.243 e. The van der Waals surface area contributed by atoms with Crippen LogP contribution in [-0.4, -0.2) is 51.5 Å². The molecule has 2 aromatic rings. The predicted octanol–water partition coefficient (Wildman–Crippen LogP) is 0.412. The van der Waals surface area contributed by atoms with Crippen LogP contribution in [0.3, 0.4) is 0 Å². The van der Waals surface area contributed by atoms with E-state index in [1.165, 1.54) is 15.2 Å². The van der Waals surface area contributed by atoms with Crippen LogP contribution in [-0.2, 0) is 16.6 Å². The smallest absolute Gasteiger partial charge is 0.243 e. The summed E-state index contributed by atoms with van der Waals surface area (Å²) in [5, 5.41) is 18.1. The average molecular weight is 322 g/mol. The fourth-order valence-corrected chi connectivity index (χ4v) is 4.50. The van der Waals surface area contributed by atoms with Gasteiger partial charge < -0.3 is 5.11 Å². The second kappa shape index (κ2) is 5.45. The first-order chi connectivity index (χ1) is 10.4. The van der Waals surface area contributed by atoms with Crippen molar-refractivity contribution in [3.05, 3.63) is 42.2 Å². The zero-order chi connectivity index (χ0) is 15.8. The number of nitrogens with zero attached hydrogens (tertiary/aromatic N) is 4. The molecule has 0 aliphatic carbocycles. The van der Waals surface area contributed by atoms with Gasteiger partial charge in [-0.05, 0) is 25.0 Å². The Morgan fingerprint density at radius 1 is 1.36 bits per heavy atom. The van der Waals surface area contributed by atoms with E-state index in [0.29, 0.717) is 23.4 Å². The van der Waals surface area contributed by atoms with Gasteiger partial charge in [-0.1, -0.05) is 23.4 Å². The number of rotatable bonds is 4. The summed E-state index contributed by atoms with van der Waals surface area (Å²) < 4.78 is 28.3. The summed E-state index contributed by atoms with van der Waals surface area (Å²) in [5.41, 5.74) is -0.419. The third-order valence-electron chi connectivity index (χ3n) is 3.94. The molecule has 1 aliphatic heterocycles. The highest BCUT2D eigenvalue weighted by Crippen LogP contribution is 2.29. The van der Waals surface area contributed by atoms with Crippen LogP contribution in [0, 0.1) is 6.92 Å². The molecule has 8 heteroatoms. The molecule has 1 N–H and O–H groups in total. The van der Waals surface area contributed by atoms with Crippen molar-refractivity contribution >= 4 is 10.0 Å². The molecular weight excluding hydrogens is 304 g/mol. The Morgan fingerprint density at radius 2 is 2.14 bits per heavy atom. The van der Waals surface area contributed by atoms with Gasteiger partial charge in [0.05, 0.1) is 23.2 Å². The highest BCUT2D eigenvalue weighted by molar-refractivity contribution is 7.89. The van der Waals surface area contributed by atoms with Crippen molar-refractivity contribution in [3.8, 4) is 0 Å². The molecule has 1 aliphatic rings. The van der Waals surface area contributed by atoms with E-state index in [-0.39, 0.29) is 13.1 Å². The molecule has 7 nitrogen and oxygen atoms in total. The molecule has 0 spiro atoms. The number of benzene rings is 1. The monoisotopic (exact) mass is 322 g/mol. The fourth-order valence-electron chi connectivity index (χ4n) is 2.76. The lowest BCUT2D eigenvalue weighted by atomic mass is 10.0. The highest BCUT2D eigenvalue weighted by atomic mass is 32.2. The first-order valence-electron chi connectivity index (χ1n) is 7.03. The summed E-state index contributed by atoms with van der Waals surface area (Å²) >= 11 is 0. The normalized spacial score (nSPS) is 23.0. The van der Waals surface area contributed by atoms with Gasteiger partial charge in [-0.2, -0.15) is 4.31 Å². The maximum absolute atomic E-state index is 12.7. The Morgan fingerprint density at radius 3 is 2.82 bits per heavy atom. The molecule has 1 aromatic heterocycles. The largest absolute Gasteiger partial charge is 0.387 e. The molecule has 1 aromatic carbocycles. The lowest BCUT2D eigenvalue weighted by molar-refractivity contribution is 0.0341. The van der Waals surface area contributed by atoms with E-state index in [2.05, 4.69) is 10.3 Å². The summed E-state index contributed by atoms with van der Waals surface area (Å²) in [6.45, 7) is 2.35.